The molecular formula is C10H19NOS. The number of rotatable bonds is 4. The lowest BCUT2D eigenvalue weighted by molar-refractivity contribution is 0.1000. The second kappa shape index (κ2) is 4.67. The van der Waals surface area contributed by atoms with Gasteiger partial charge in [0.05, 0.1) is 0 Å². The quantitative estimate of drug-likeness (QED) is 0.751. The molecule has 13 heavy (non-hydrogen) atoms. The smallest absolute Gasteiger partial charge is 0.0476 e. The average Bonchev–Trinajstić information content (AvgIpc) is 2.99. The Balaban J connectivity index is 1.60. The van der Waals surface area contributed by atoms with Gasteiger partial charge in [-0.05, 0) is 31.6 Å². The maximum Gasteiger partial charge on any atom is 0.0476 e. The molecule has 1 atom stereocenters. The molecule has 0 aromatic heterocycles. The van der Waals surface area contributed by atoms with Gasteiger partial charge in [-0.15, -0.1) is 0 Å². The van der Waals surface area contributed by atoms with E-state index >= 15 is 0 Å². The molecule has 2 N–H and O–H groups in total. The summed E-state index contributed by atoms with van der Waals surface area (Å²) < 4.78 is 5.32. The van der Waals surface area contributed by atoms with Crippen LogP contribution in [0.2, 0.25) is 0 Å². The van der Waals surface area contributed by atoms with Gasteiger partial charge in [0, 0.05) is 30.3 Å². The summed E-state index contributed by atoms with van der Waals surface area (Å²) in [6.45, 7) is 1.91. The van der Waals surface area contributed by atoms with E-state index in [9.17, 15) is 0 Å². The van der Waals surface area contributed by atoms with Gasteiger partial charge in [0.25, 0.3) is 0 Å². The molecule has 0 radical (unpaired) electrons. The minimum atomic E-state index is 0.466. The summed E-state index contributed by atoms with van der Waals surface area (Å²) in [6, 6.07) is 0.466. The molecular weight excluding hydrogens is 182 g/mol. The van der Waals surface area contributed by atoms with Crippen LogP contribution in [0.5, 0.6) is 0 Å². The van der Waals surface area contributed by atoms with Crippen LogP contribution in [0.1, 0.15) is 25.7 Å². The van der Waals surface area contributed by atoms with E-state index in [1.807, 2.05) is 0 Å². The molecule has 1 heterocycles. The van der Waals surface area contributed by atoms with E-state index in [2.05, 4.69) is 11.8 Å². The van der Waals surface area contributed by atoms with Gasteiger partial charge in [-0.3, -0.25) is 0 Å². The topological polar surface area (TPSA) is 35.2 Å². The molecule has 1 unspecified atom stereocenters. The number of hydrogen-bond donors (Lipinski definition) is 1. The maximum atomic E-state index is 6.04. The lowest BCUT2D eigenvalue weighted by Crippen LogP contribution is -2.27. The van der Waals surface area contributed by atoms with Crippen molar-refractivity contribution in [2.45, 2.75) is 37.0 Å². The van der Waals surface area contributed by atoms with Crippen molar-refractivity contribution in [1.29, 1.82) is 0 Å². The zero-order chi connectivity index (χ0) is 9.10. The third-order valence-corrected chi connectivity index (χ3v) is 4.44. The van der Waals surface area contributed by atoms with Crippen LogP contribution in [-0.4, -0.2) is 30.3 Å². The van der Waals surface area contributed by atoms with Crippen molar-refractivity contribution in [3.8, 4) is 0 Å². The molecule has 1 saturated heterocycles. The predicted molar refractivity (Wildman–Crippen MR) is 57.0 cm³/mol. The Morgan fingerprint density at radius 1 is 1.23 bits per heavy atom. The summed E-state index contributed by atoms with van der Waals surface area (Å²) in [5.41, 5.74) is 6.04. The third kappa shape index (κ3) is 3.15. The third-order valence-electron chi connectivity index (χ3n) is 2.92. The Kier molecular flexibility index (Phi) is 3.52. The normalized spacial score (nSPS) is 27.5. The Morgan fingerprint density at radius 3 is 2.54 bits per heavy atom. The lowest BCUT2D eigenvalue weighted by Gasteiger charge is -2.22. The summed E-state index contributed by atoms with van der Waals surface area (Å²) in [4.78, 5) is 0. The van der Waals surface area contributed by atoms with Gasteiger partial charge >= 0.3 is 0 Å². The number of thioether (sulfide) groups is 1. The Hall–Kier alpha value is 0.270. The first-order valence-electron chi connectivity index (χ1n) is 5.31. The van der Waals surface area contributed by atoms with E-state index in [1.165, 1.54) is 25.7 Å². The van der Waals surface area contributed by atoms with Gasteiger partial charge < -0.3 is 10.5 Å². The Bertz CT molecular complexity index is 155. The van der Waals surface area contributed by atoms with Gasteiger partial charge in [0.15, 0.2) is 0 Å². The van der Waals surface area contributed by atoms with Gasteiger partial charge in [-0.2, -0.15) is 11.8 Å². The highest BCUT2D eigenvalue weighted by atomic mass is 32.2. The average molecular weight is 201 g/mol. The van der Waals surface area contributed by atoms with Crippen molar-refractivity contribution in [3.63, 3.8) is 0 Å². The lowest BCUT2D eigenvalue weighted by atomic mass is 10.2. The first kappa shape index (κ1) is 9.81. The highest BCUT2D eigenvalue weighted by Crippen LogP contribution is 2.34. The monoisotopic (exact) mass is 201 g/mol. The predicted octanol–water partition coefficient (Wildman–Crippen LogP) is 1.64. The van der Waals surface area contributed by atoms with Crippen molar-refractivity contribution >= 4 is 11.8 Å². The fourth-order valence-electron chi connectivity index (χ4n) is 1.75. The molecule has 2 aliphatic rings. The van der Waals surface area contributed by atoms with E-state index in [4.69, 9.17) is 10.5 Å². The zero-order valence-electron chi connectivity index (χ0n) is 8.08. The minimum Gasteiger partial charge on any atom is -0.381 e. The Labute approximate surface area is 84.6 Å². The van der Waals surface area contributed by atoms with Crippen LogP contribution >= 0.6 is 11.8 Å². The van der Waals surface area contributed by atoms with Crippen LogP contribution in [0.25, 0.3) is 0 Å². The summed E-state index contributed by atoms with van der Waals surface area (Å²) in [5, 5.41) is 0.818. The van der Waals surface area contributed by atoms with Crippen molar-refractivity contribution in [2.24, 2.45) is 11.7 Å². The molecule has 0 aromatic rings. The van der Waals surface area contributed by atoms with E-state index in [0.29, 0.717) is 6.04 Å². The van der Waals surface area contributed by atoms with Gasteiger partial charge in [0.2, 0.25) is 0 Å². The molecule has 2 fully saturated rings. The summed E-state index contributed by atoms with van der Waals surface area (Å²) in [6.07, 6.45) is 5.19. The standard InChI is InChI=1S/C10H19NOS/c11-10(8-1-2-8)7-13-9-3-5-12-6-4-9/h8-10H,1-7,11H2. The molecule has 0 amide bonds. The Morgan fingerprint density at radius 2 is 1.92 bits per heavy atom. The van der Waals surface area contributed by atoms with Crippen molar-refractivity contribution in [2.75, 3.05) is 19.0 Å². The van der Waals surface area contributed by atoms with E-state index in [1.54, 1.807) is 0 Å². The number of nitrogens with two attached hydrogens (primary N) is 1. The van der Waals surface area contributed by atoms with Crippen LogP contribution < -0.4 is 5.73 Å². The molecule has 76 valence electrons. The van der Waals surface area contributed by atoms with Gasteiger partial charge in [-0.25, -0.2) is 0 Å². The molecule has 0 spiro atoms. The fraction of sp³-hybridized carbons (Fsp3) is 1.00. The van der Waals surface area contributed by atoms with E-state index in [-0.39, 0.29) is 0 Å². The van der Waals surface area contributed by atoms with Crippen molar-refractivity contribution < 1.29 is 4.74 Å². The van der Waals surface area contributed by atoms with Gasteiger partial charge in [-0.1, -0.05) is 0 Å². The fourth-order valence-corrected chi connectivity index (χ4v) is 3.04. The molecule has 3 heteroatoms. The second-order valence-electron chi connectivity index (χ2n) is 4.15. The number of ether oxygens (including phenoxy) is 1. The molecule has 1 aliphatic carbocycles. The largest absolute Gasteiger partial charge is 0.381 e. The van der Waals surface area contributed by atoms with Gasteiger partial charge in [0.1, 0.15) is 0 Å². The SMILES string of the molecule is NC(CSC1CCOCC1)C1CC1. The molecule has 2 nitrogen and oxygen atoms in total. The van der Waals surface area contributed by atoms with Crippen LogP contribution in [0, 0.1) is 5.92 Å². The highest BCUT2D eigenvalue weighted by molar-refractivity contribution is 7.99. The van der Waals surface area contributed by atoms with E-state index in [0.717, 1.165) is 30.1 Å². The molecule has 0 aromatic carbocycles. The van der Waals surface area contributed by atoms with Crippen LogP contribution in [0.4, 0.5) is 0 Å². The minimum absolute atomic E-state index is 0.466. The molecule has 0 bridgehead atoms. The highest BCUT2D eigenvalue weighted by Gasteiger charge is 2.29. The summed E-state index contributed by atoms with van der Waals surface area (Å²) in [7, 11) is 0. The summed E-state index contributed by atoms with van der Waals surface area (Å²) in [5.74, 6) is 2.02. The van der Waals surface area contributed by atoms with Crippen LogP contribution in [0.3, 0.4) is 0 Å². The first-order chi connectivity index (χ1) is 6.36. The zero-order valence-corrected chi connectivity index (χ0v) is 8.89. The van der Waals surface area contributed by atoms with E-state index < -0.39 is 0 Å². The van der Waals surface area contributed by atoms with Crippen molar-refractivity contribution in [3.05, 3.63) is 0 Å². The van der Waals surface area contributed by atoms with Crippen molar-refractivity contribution in [1.82, 2.24) is 0 Å². The first-order valence-corrected chi connectivity index (χ1v) is 6.36. The maximum absolute atomic E-state index is 6.04. The number of hydrogen-bond acceptors (Lipinski definition) is 3. The second-order valence-corrected chi connectivity index (χ2v) is 5.48. The van der Waals surface area contributed by atoms with Crippen LogP contribution in [0.15, 0.2) is 0 Å². The summed E-state index contributed by atoms with van der Waals surface area (Å²) >= 11 is 2.07. The molecule has 1 saturated carbocycles. The van der Waals surface area contributed by atoms with Crippen LogP contribution in [-0.2, 0) is 4.74 Å². The molecule has 1 aliphatic heterocycles. The molecule has 2 rings (SSSR count).